The Bertz CT molecular complexity index is 644. The fourth-order valence-corrected chi connectivity index (χ4v) is 6.85. The molecule has 0 radical (unpaired) electrons. The first-order chi connectivity index (χ1) is 18.5. The van der Waals surface area contributed by atoms with Gasteiger partial charge in [0.25, 0.3) is 0 Å². The molecule has 0 aliphatic carbocycles. The van der Waals surface area contributed by atoms with Crippen LogP contribution in [-0.4, -0.2) is 76.3 Å². The van der Waals surface area contributed by atoms with E-state index in [1.165, 1.54) is 0 Å². The van der Waals surface area contributed by atoms with E-state index in [0.29, 0.717) is 25.8 Å². The molecule has 0 bridgehead atoms. The first-order valence-electron chi connectivity index (χ1n) is 15.4. The van der Waals surface area contributed by atoms with Crippen molar-refractivity contribution in [2.45, 2.75) is 112 Å². The van der Waals surface area contributed by atoms with Crippen molar-refractivity contribution in [3.05, 3.63) is 0 Å². The smallest absolute Gasteiger partial charge is 0.374 e. The van der Waals surface area contributed by atoms with Crippen LogP contribution < -0.4 is 15.1 Å². The summed E-state index contributed by atoms with van der Waals surface area (Å²) in [6.45, 7) is 21.3. The lowest BCUT2D eigenvalue weighted by atomic mass is 10.2. The molecule has 0 aliphatic rings. The summed E-state index contributed by atoms with van der Waals surface area (Å²) in [7, 11) is -2.66. The molecule has 0 aliphatic heterocycles. The number of nitrogens with one attached hydrogen (secondary N) is 1. The van der Waals surface area contributed by atoms with Crippen LogP contribution in [0.4, 0.5) is 17.8 Å². The van der Waals surface area contributed by atoms with Crippen LogP contribution in [0.25, 0.3) is 0 Å². The van der Waals surface area contributed by atoms with Gasteiger partial charge in [-0.05, 0) is 52.9 Å². The summed E-state index contributed by atoms with van der Waals surface area (Å²) in [5.74, 6) is 2.23. The van der Waals surface area contributed by atoms with E-state index < -0.39 is 8.80 Å². The van der Waals surface area contributed by atoms with E-state index in [4.69, 9.17) is 28.2 Å². The summed E-state index contributed by atoms with van der Waals surface area (Å²) in [6, 6.07) is 0.762. The SMILES string of the molecule is CCCCN(CCCC)c1nc(NCCC[Si](OCC)(OCC)OCC)nc(N(CCCC)CCCC)n1. The average molecular weight is 555 g/mol. The first-order valence-corrected chi connectivity index (χ1v) is 17.4. The van der Waals surface area contributed by atoms with E-state index in [0.717, 1.165) is 108 Å². The predicted molar refractivity (Wildman–Crippen MR) is 162 cm³/mol. The van der Waals surface area contributed by atoms with E-state index in [9.17, 15) is 0 Å². The maximum atomic E-state index is 6.03. The number of aromatic nitrogens is 3. The molecule has 0 saturated carbocycles. The standard InChI is InChI=1S/C28H58N6O3Si/c1-8-15-21-33(22-16-9-2)27-30-26(31-28(32-27)34(23-17-10-3)24-18-11-4)29-20-19-25-38(35-12-5,36-13-6)37-14-7/h8-25H2,1-7H3,(H,29,30,31,32). The van der Waals surface area contributed by atoms with E-state index >= 15 is 0 Å². The Morgan fingerprint density at radius 1 is 0.579 bits per heavy atom. The number of hydrogen-bond acceptors (Lipinski definition) is 9. The second-order valence-electron chi connectivity index (χ2n) is 9.66. The monoisotopic (exact) mass is 554 g/mol. The predicted octanol–water partition coefficient (Wildman–Crippen LogP) is 6.54. The van der Waals surface area contributed by atoms with Gasteiger partial charge in [-0.2, -0.15) is 15.0 Å². The topological polar surface area (TPSA) is 84.9 Å². The molecule has 0 atom stereocenters. The zero-order valence-electron chi connectivity index (χ0n) is 25.7. The molecule has 1 rings (SSSR count). The van der Waals surface area contributed by atoms with E-state index in [1.54, 1.807) is 0 Å². The molecule has 0 aromatic carbocycles. The molecule has 222 valence electrons. The van der Waals surface area contributed by atoms with Crippen LogP contribution in [0.2, 0.25) is 6.04 Å². The molecule has 0 saturated heterocycles. The minimum Gasteiger partial charge on any atom is -0.374 e. The Morgan fingerprint density at radius 3 is 1.32 bits per heavy atom. The van der Waals surface area contributed by atoms with Gasteiger partial charge in [-0.25, -0.2) is 0 Å². The highest BCUT2D eigenvalue weighted by Crippen LogP contribution is 2.21. The van der Waals surface area contributed by atoms with Gasteiger partial charge >= 0.3 is 8.80 Å². The van der Waals surface area contributed by atoms with Gasteiger partial charge in [-0.15, -0.1) is 0 Å². The maximum Gasteiger partial charge on any atom is 0.500 e. The zero-order valence-corrected chi connectivity index (χ0v) is 26.7. The number of hydrogen-bond donors (Lipinski definition) is 1. The molecular weight excluding hydrogens is 496 g/mol. The Hall–Kier alpha value is -1.49. The normalized spacial score (nSPS) is 11.7. The van der Waals surface area contributed by atoms with Crippen molar-refractivity contribution < 1.29 is 13.3 Å². The number of nitrogens with zero attached hydrogens (tertiary/aromatic N) is 5. The zero-order chi connectivity index (χ0) is 28.1. The van der Waals surface area contributed by atoms with Crippen molar-refractivity contribution in [3.8, 4) is 0 Å². The molecule has 1 aromatic rings. The maximum absolute atomic E-state index is 6.03. The number of unbranched alkanes of at least 4 members (excludes halogenated alkanes) is 4. The fraction of sp³-hybridized carbons (Fsp3) is 0.893. The summed E-state index contributed by atoms with van der Waals surface area (Å²) < 4.78 is 18.1. The van der Waals surface area contributed by atoms with Crippen LogP contribution in [0.15, 0.2) is 0 Å². The Labute approximate surface area is 234 Å². The van der Waals surface area contributed by atoms with Gasteiger partial charge in [-0.3, -0.25) is 0 Å². The van der Waals surface area contributed by atoms with Crippen molar-refractivity contribution in [3.63, 3.8) is 0 Å². The lowest BCUT2D eigenvalue weighted by Crippen LogP contribution is -2.46. The first kappa shape index (κ1) is 34.5. The summed E-state index contributed by atoms with van der Waals surface area (Å²) in [5.41, 5.74) is 0. The van der Waals surface area contributed by atoms with Crippen molar-refractivity contribution >= 4 is 26.6 Å². The lowest BCUT2D eigenvalue weighted by molar-refractivity contribution is 0.0710. The van der Waals surface area contributed by atoms with Crippen molar-refractivity contribution in [2.75, 3.05) is 67.7 Å². The third-order valence-electron chi connectivity index (χ3n) is 6.34. The van der Waals surface area contributed by atoms with Crippen LogP contribution in [0.3, 0.4) is 0 Å². The molecule has 0 spiro atoms. The Morgan fingerprint density at radius 2 is 0.974 bits per heavy atom. The highest BCUT2D eigenvalue weighted by Gasteiger charge is 2.39. The van der Waals surface area contributed by atoms with Gasteiger partial charge in [-0.1, -0.05) is 53.4 Å². The molecule has 0 fully saturated rings. The Kier molecular flexibility index (Phi) is 19.4. The molecule has 0 unspecified atom stereocenters. The molecular formula is C28H58N6O3Si. The van der Waals surface area contributed by atoms with Gasteiger partial charge in [0, 0.05) is 58.6 Å². The minimum atomic E-state index is -2.66. The number of anilines is 3. The summed E-state index contributed by atoms with van der Waals surface area (Å²) in [5, 5.41) is 3.50. The molecule has 10 heteroatoms. The van der Waals surface area contributed by atoms with Crippen LogP contribution in [0, 0.1) is 0 Å². The summed E-state index contributed by atoms with van der Waals surface area (Å²) in [4.78, 5) is 19.5. The van der Waals surface area contributed by atoms with Crippen molar-refractivity contribution in [1.82, 2.24) is 15.0 Å². The van der Waals surface area contributed by atoms with E-state index in [1.807, 2.05) is 20.8 Å². The second-order valence-corrected chi connectivity index (χ2v) is 12.4. The number of rotatable bonds is 25. The van der Waals surface area contributed by atoms with Gasteiger partial charge in [0.1, 0.15) is 0 Å². The largest absolute Gasteiger partial charge is 0.500 e. The minimum absolute atomic E-state index is 0.594. The quantitative estimate of drug-likeness (QED) is 0.107. The van der Waals surface area contributed by atoms with Crippen LogP contribution in [0.5, 0.6) is 0 Å². The van der Waals surface area contributed by atoms with Crippen LogP contribution in [0.1, 0.15) is 106 Å². The van der Waals surface area contributed by atoms with Gasteiger partial charge < -0.3 is 28.4 Å². The highest BCUT2D eigenvalue weighted by atomic mass is 28.4. The third kappa shape index (κ3) is 13.0. The second kappa shape index (κ2) is 21.3. The lowest BCUT2D eigenvalue weighted by Gasteiger charge is -2.28. The van der Waals surface area contributed by atoms with Crippen molar-refractivity contribution in [2.24, 2.45) is 0 Å². The van der Waals surface area contributed by atoms with Gasteiger partial charge in [0.15, 0.2) is 0 Å². The average Bonchev–Trinajstić information content (AvgIpc) is 2.91. The molecule has 0 amide bonds. The molecule has 1 aromatic heterocycles. The molecule has 1 heterocycles. The van der Waals surface area contributed by atoms with E-state index in [2.05, 4.69) is 42.8 Å². The van der Waals surface area contributed by atoms with Gasteiger partial charge in [0.2, 0.25) is 17.8 Å². The van der Waals surface area contributed by atoms with Crippen LogP contribution >= 0.6 is 0 Å². The fourth-order valence-electron chi connectivity index (χ4n) is 4.24. The van der Waals surface area contributed by atoms with Gasteiger partial charge in [0.05, 0.1) is 0 Å². The highest BCUT2D eigenvalue weighted by molar-refractivity contribution is 6.60. The molecule has 9 nitrogen and oxygen atoms in total. The summed E-state index contributed by atoms with van der Waals surface area (Å²) >= 11 is 0. The van der Waals surface area contributed by atoms with Crippen LogP contribution in [-0.2, 0) is 13.3 Å². The summed E-state index contributed by atoms with van der Waals surface area (Å²) in [6.07, 6.45) is 9.96. The third-order valence-corrected chi connectivity index (χ3v) is 9.49. The van der Waals surface area contributed by atoms with Crippen molar-refractivity contribution in [1.29, 1.82) is 0 Å². The molecule has 1 N–H and O–H groups in total. The Balaban J connectivity index is 3.17. The molecule has 38 heavy (non-hydrogen) atoms. The van der Waals surface area contributed by atoms with E-state index in [-0.39, 0.29) is 0 Å².